The Labute approximate surface area is 113 Å². The van der Waals surface area contributed by atoms with Crippen LogP contribution in [0.1, 0.15) is 13.8 Å². The lowest BCUT2D eigenvalue weighted by atomic mass is 9.96. The number of hydrogen-bond acceptors (Lipinski definition) is 4. The third-order valence-corrected chi connectivity index (χ3v) is 4.21. The number of halogens is 2. The number of cyclic esters (lactones) is 1. The Hall–Kier alpha value is 0.410. The predicted octanol–water partition coefficient (Wildman–Crippen LogP) is 1.72. The van der Waals surface area contributed by atoms with E-state index in [1.165, 1.54) is 0 Å². The second-order valence-electron chi connectivity index (χ2n) is 4.48. The summed E-state index contributed by atoms with van der Waals surface area (Å²) in [5, 5.41) is -0.623. The summed E-state index contributed by atoms with van der Waals surface area (Å²) in [6.45, 7) is 4.17. The Kier molecular flexibility index (Phi) is 3.69. The van der Waals surface area contributed by atoms with Crippen LogP contribution < -0.4 is 0 Å². The molecule has 2 fully saturated rings. The molecule has 0 N–H and O–H groups in total. The van der Waals surface area contributed by atoms with E-state index in [0.29, 0.717) is 6.61 Å². The lowest BCUT2D eigenvalue weighted by molar-refractivity contribution is -0.146. The maximum atomic E-state index is 11.4. The van der Waals surface area contributed by atoms with Crippen molar-refractivity contribution in [3.05, 3.63) is 0 Å². The van der Waals surface area contributed by atoms with E-state index < -0.39 is 11.2 Å². The molecule has 0 aliphatic carbocycles. The molecule has 0 bridgehead atoms. The van der Waals surface area contributed by atoms with E-state index in [1.807, 2.05) is 13.8 Å². The minimum absolute atomic E-state index is 0.118. The van der Waals surface area contributed by atoms with Crippen molar-refractivity contribution in [3.63, 3.8) is 0 Å². The topological polar surface area (TPSA) is 44.8 Å². The molecule has 0 amide bonds. The summed E-state index contributed by atoms with van der Waals surface area (Å²) in [5.41, 5.74) is 0. The van der Waals surface area contributed by atoms with Gasteiger partial charge in [0.1, 0.15) is 11.5 Å². The number of hydrogen-bond donors (Lipinski definition) is 0. The Balaban J connectivity index is 2.10. The van der Waals surface area contributed by atoms with Gasteiger partial charge in [-0.2, -0.15) is 0 Å². The van der Waals surface area contributed by atoms with Gasteiger partial charge in [-0.3, -0.25) is 4.79 Å². The molecule has 16 heavy (non-hydrogen) atoms. The van der Waals surface area contributed by atoms with Crippen LogP contribution in [0.3, 0.4) is 0 Å². The second kappa shape index (κ2) is 4.59. The third kappa shape index (κ3) is 2.32. The Bertz CT molecular complexity index is 297. The smallest absolute Gasteiger partial charge is 0.324 e. The normalized spacial score (nSPS) is 42.4. The number of rotatable bonds is 2. The van der Waals surface area contributed by atoms with Crippen molar-refractivity contribution in [2.24, 2.45) is 5.92 Å². The zero-order valence-corrected chi connectivity index (χ0v) is 12.0. The highest BCUT2D eigenvalue weighted by molar-refractivity contribution is 14.1. The summed E-state index contributed by atoms with van der Waals surface area (Å²) in [4.78, 5) is 11.4. The molecule has 0 aromatic carbocycles. The highest BCUT2D eigenvalue weighted by Crippen LogP contribution is 2.37. The van der Waals surface area contributed by atoms with E-state index >= 15 is 0 Å². The predicted molar refractivity (Wildman–Crippen MR) is 66.8 cm³/mol. The molecule has 92 valence electrons. The zero-order valence-electron chi connectivity index (χ0n) is 9.11. The van der Waals surface area contributed by atoms with Gasteiger partial charge in [0.05, 0.1) is 18.6 Å². The molecular weight excluding hydrogens is 346 g/mol. The molecule has 4 nitrogen and oxygen atoms in total. The van der Waals surface area contributed by atoms with Gasteiger partial charge in [-0.15, -0.1) is 11.6 Å². The van der Waals surface area contributed by atoms with E-state index in [9.17, 15) is 4.79 Å². The van der Waals surface area contributed by atoms with Crippen molar-refractivity contribution in [1.29, 1.82) is 0 Å². The molecule has 0 radical (unpaired) electrons. The SMILES string of the molecule is CC1(C)OC[C@H]([C@@H]2[C@H](CI)OC(=O)[C@H]2Cl)O1. The molecule has 0 unspecified atom stereocenters. The molecule has 2 rings (SSSR count). The fraction of sp³-hybridized carbons (Fsp3) is 0.900. The van der Waals surface area contributed by atoms with Crippen LogP contribution in [0.2, 0.25) is 0 Å². The molecule has 2 heterocycles. The fourth-order valence-corrected chi connectivity index (χ4v) is 3.25. The van der Waals surface area contributed by atoms with Gasteiger partial charge < -0.3 is 14.2 Å². The fourth-order valence-electron chi connectivity index (χ4n) is 2.11. The zero-order chi connectivity index (χ0) is 11.9. The van der Waals surface area contributed by atoms with Crippen LogP contribution in [0, 0.1) is 5.92 Å². The molecular formula is C10H14ClIO4. The van der Waals surface area contributed by atoms with Gasteiger partial charge >= 0.3 is 5.97 Å². The highest BCUT2D eigenvalue weighted by atomic mass is 127. The van der Waals surface area contributed by atoms with Crippen LogP contribution in [-0.2, 0) is 19.0 Å². The van der Waals surface area contributed by atoms with Gasteiger partial charge in [0.25, 0.3) is 0 Å². The Morgan fingerprint density at radius 3 is 2.75 bits per heavy atom. The van der Waals surface area contributed by atoms with Crippen molar-refractivity contribution in [2.75, 3.05) is 11.0 Å². The Morgan fingerprint density at radius 2 is 2.25 bits per heavy atom. The van der Waals surface area contributed by atoms with Gasteiger partial charge in [0.15, 0.2) is 5.79 Å². The first-order chi connectivity index (χ1) is 7.44. The number of carbonyl (C=O) groups excluding carboxylic acids is 1. The average Bonchev–Trinajstić information content (AvgIpc) is 2.69. The largest absolute Gasteiger partial charge is 0.460 e. The minimum Gasteiger partial charge on any atom is -0.460 e. The lowest BCUT2D eigenvalue weighted by Crippen LogP contribution is -2.37. The number of alkyl halides is 2. The molecule has 0 aromatic heterocycles. The van der Waals surface area contributed by atoms with Crippen molar-refractivity contribution in [2.45, 2.75) is 37.2 Å². The van der Waals surface area contributed by atoms with Crippen molar-refractivity contribution < 1.29 is 19.0 Å². The quantitative estimate of drug-likeness (QED) is 0.427. The van der Waals surface area contributed by atoms with Crippen molar-refractivity contribution in [3.8, 4) is 0 Å². The number of carbonyl (C=O) groups is 1. The van der Waals surface area contributed by atoms with Crippen LogP contribution in [0.5, 0.6) is 0 Å². The van der Waals surface area contributed by atoms with E-state index in [1.54, 1.807) is 0 Å². The molecule has 4 atom stereocenters. The van der Waals surface area contributed by atoms with Crippen LogP contribution in [0.4, 0.5) is 0 Å². The van der Waals surface area contributed by atoms with Gasteiger partial charge in [-0.1, -0.05) is 22.6 Å². The highest BCUT2D eigenvalue weighted by Gasteiger charge is 2.51. The summed E-state index contributed by atoms with van der Waals surface area (Å²) in [7, 11) is 0. The summed E-state index contributed by atoms with van der Waals surface area (Å²) >= 11 is 8.25. The molecule has 2 saturated heterocycles. The van der Waals surface area contributed by atoms with Crippen LogP contribution in [0.15, 0.2) is 0 Å². The molecule has 0 aromatic rings. The number of ether oxygens (including phenoxy) is 3. The van der Waals surface area contributed by atoms with E-state index in [0.717, 1.165) is 4.43 Å². The van der Waals surface area contributed by atoms with Crippen LogP contribution in [0.25, 0.3) is 0 Å². The van der Waals surface area contributed by atoms with E-state index in [-0.39, 0.29) is 24.1 Å². The first kappa shape index (κ1) is 12.9. The first-order valence-corrected chi connectivity index (χ1v) is 7.13. The van der Waals surface area contributed by atoms with E-state index in [2.05, 4.69) is 22.6 Å². The summed E-state index contributed by atoms with van der Waals surface area (Å²) < 4.78 is 17.2. The molecule has 2 aliphatic rings. The lowest BCUT2D eigenvalue weighted by Gasteiger charge is -2.23. The Morgan fingerprint density at radius 1 is 1.56 bits per heavy atom. The molecule has 0 saturated carbocycles. The van der Waals surface area contributed by atoms with Gasteiger partial charge in [0, 0.05) is 4.43 Å². The first-order valence-electron chi connectivity index (χ1n) is 5.17. The average molecular weight is 361 g/mol. The van der Waals surface area contributed by atoms with Crippen molar-refractivity contribution in [1.82, 2.24) is 0 Å². The minimum atomic E-state index is -0.623. The van der Waals surface area contributed by atoms with Gasteiger partial charge in [-0.05, 0) is 13.8 Å². The summed E-state index contributed by atoms with van der Waals surface area (Å²) in [6.07, 6.45) is -0.332. The third-order valence-electron chi connectivity index (χ3n) is 2.87. The van der Waals surface area contributed by atoms with Gasteiger partial charge in [0.2, 0.25) is 0 Å². The van der Waals surface area contributed by atoms with Crippen LogP contribution >= 0.6 is 34.2 Å². The molecule has 6 heteroatoms. The van der Waals surface area contributed by atoms with Gasteiger partial charge in [-0.25, -0.2) is 0 Å². The van der Waals surface area contributed by atoms with Crippen LogP contribution in [-0.4, -0.2) is 40.4 Å². The maximum absolute atomic E-state index is 11.4. The number of esters is 1. The summed E-state index contributed by atoms with van der Waals surface area (Å²) in [5.74, 6) is -1.06. The maximum Gasteiger partial charge on any atom is 0.324 e. The molecule has 0 spiro atoms. The van der Waals surface area contributed by atoms with E-state index in [4.69, 9.17) is 25.8 Å². The summed E-state index contributed by atoms with van der Waals surface area (Å²) in [6, 6.07) is 0. The van der Waals surface area contributed by atoms with Crippen molar-refractivity contribution >= 4 is 40.2 Å². The monoisotopic (exact) mass is 360 g/mol. The standard InChI is InChI=1S/C10H14ClIO4/c1-10(2)14-4-6(16-10)7-5(3-12)15-9(13)8(7)11/h5-8H,3-4H2,1-2H3/t5-,6+,7-,8-/m0/s1. The second-order valence-corrected chi connectivity index (χ2v) is 5.83. The molecule has 2 aliphatic heterocycles.